The summed E-state index contributed by atoms with van der Waals surface area (Å²) in [5.41, 5.74) is 1.42. The highest BCUT2D eigenvalue weighted by molar-refractivity contribution is 5.78. The van der Waals surface area contributed by atoms with Gasteiger partial charge in [-0.15, -0.1) is 0 Å². The Morgan fingerprint density at radius 3 is 2.67 bits per heavy atom. The summed E-state index contributed by atoms with van der Waals surface area (Å²) in [6.07, 6.45) is 4.60. The summed E-state index contributed by atoms with van der Waals surface area (Å²) in [7, 11) is 0. The first kappa shape index (κ1) is 17.4. The maximum Gasteiger partial charge on any atom is 0.249 e. The van der Waals surface area contributed by atoms with Crippen LogP contribution in [0.5, 0.6) is 0 Å². The van der Waals surface area contributed by atoms with Gasteiger partial charge in [0.15, 0.2) is 0 Å². The van der Waals surface area contributed by atoms with E-state index in [0.717, 1.165) is 38.9 Å². The first-order chi connectivity index (χ1) is 11.6. The number of carbonyl (C=O) groups excluding carboxylic acids is 1. The number of hydrogen-bond donors (Lipinski definition) is 0. The number of likely N-dealkylation sites (tertiary alicyclic amines) is 1. The lowest BCUT2D eigenvalue weighted by Crippen LogP contribution is -2.56. The maximum absolute atomic E-state index is 12.2. The van der Waals surface area contributed by atoms with Gasteiger partial charge in [0.2, 0.25) is 5.91 Å². The number of fused-ring (bicyclic) bond motifs is 1. The highest BCUT2D eigenvalue weighted by Gasteiger charge is 2.39. The van der Waals surface area contributed by atoms with E-state index in [4.69, 9.17) is 4.74 Å². The van der Waals surface area contributed by atoms with Crippen LogP contribution in [0.15, 0.2) is 30.3 Å². The van der Waals surface area contributed by atoms with Crippen LogP contribution in [0.2, 0.25) is 0 Å². The van der Waals surface area contributed by atoms with Gasteiger partial charge in [0.1, 0.15) is 6.61 Å². The van der Waals surface area contributed by atoms with Gasteiger partial charge in [-0.25, -0.2) is 0 Å². The van der Waals surface area contributed by atoms with E-state index in [2.05, 4.69) is 54.0 Å². The second kappa shape index (κ2) is 8.13. The Hall–Kier alpha value is -1.39. The monoisotopic (exact) mass is 330 g/mol. The molecule has 0 bridgehead atoms. The van der Waals surface area contributed by atoms with Gasteiger partial charge in [0, 0.05) is 19.1 Å². The van der Waals surface area contributed by atoms with Gasteiger partial charge in [0.25, 0.3) is 0 Å². The Balaban J connectivity index is 1.52. The van der Waals surface area contributed by atoms with E-state index in [9.17, 15) is 4.79 Å². The van der Waals surface area contributed by atoms with Gasteiger partial charge in [-0.2, -0.15) is 0 Å². The van der Waals surface area contributed by atoms with Crippen molar-refractivity contribution in [3.05, 3.63) is 35.9 Å². The Kier molecular flexibility index (Phi) is 5.90. The van der Waals surface area contributed by atoms with Crippen LogP contribution in [0.3, 0.4) is 0 Å². The molecule has 0 spiro atoms. The van der Waals surface area contributed by atoms with E-state index >= 15 is 0 Å². The number of hydrogen-bond acceptors (Lipinski definition) is 3. The molecular formula is C20H30N2O2. The molecule has 0 radical (unpaired) electrons. The molecule has 1 aromatic carbocycles. The van der Waals surface area contributed by atoms with Crippen LogP contribution < -0.4 is 0 Å². The molecule has 2 aliphatic rings. The number of rotatable bonds is 5. The Morgan fingerprint density at radius 2 is 1.92 bits per heavy atom. The van der Waals surface area contributed by atoms with Crippen molar-refractivity contribution in [2.75, 3.05) is 26.2 Å². The molecule has 2 atom stereocenters. The molecule has 4 heteroatoms. The zero-order chi connectivity index (χ0) is 16.9. The molecule has 0 aromatic heterocycles. The molecule has 2 heterocycles. The summed E-state index contributed by atoms with van der Waals surface area (Å²) in [6.45, 7) is 7.76. The van der Waals surface area contributed by atoms with Crippen molar-refractivity contribution in [3.8, 4) is 0 Å². The molecule has 2 saturated heterocycles. The zero-order valence-corrected chi connectivity index (χ0v) is 15.0. The van der Waals surface area contributed by atoms with Gasteiger partial charge in [-0.3, -0.25) is 4.79 Å². The molecule has 1 amide bonds. The largest absolute Gasteiger partial charge is 0.366 e. The van der Waals surface area contributed by atoms with Crippen molar-refractivity contribution in [3.63, 3.8) is 0 Å². The molecule has 0 unspecified atom stereocenters. The minimum atomic E-state index is 0.156. The van der Waals surface area contributed by atoms with E-state index in [0.29, 0.717) is 0 Å². The molecule has 0 N–H and O–H groups in total. The van der Waals surface area contributed by atoms with E-state index in [-0.39, 0.29) is 30.7 Å². The summed E-state index contributed by atoms with van der Waals surface area (Å²) >= 11 is 0. The minimum absolute atomic E-state index is 0.156. The number of nitrogens with zero attached hydrogens (tertiary/aromatic N) is 2. The van der Waals surface area contributed by atoms with Gasteiger partial charge in [-0.1, -0.05) is 30.3 Å². The third-order valence-corrected chi connectivity index (χ3v) is 5.31. The van der Waals surface area contributed by atoms with Crippen molar-refractivity contribution >= 4 is 5.91 Å². The second-order valence-electron chi connectivity index (χ2n) is 7.32. The zero-order valence-electron chi connectivity index (χ0n) is 15.0. The van der Waals surface area contributed by atoms with Crippen molar-refractivity contribution in [2.45, 2.75) is 57.7 Å². The molecule has 4 nitrogen and oxygen atoms in total. The van der Waals surface area contributed by atoms with Gasteiger partial charge in [-0.05, 0) is 51.6 Å². The highest BCUT2D eigenvalue weighted by Crippen LogP contribution is 2.26. The van der Waals surface area contributed by atoms with Gasteiger partial charge < -0.3 is 14.5 Å². The topological polar surface area (TPSA) is 32.8 Å². The molecule has 132 valence electrons. The standard InChI is InChI=1S/C20H30N2O2/c1-16(2)22-18-10-13-21(14-11-19(18)24-15-20(22)23)12-6-9-17-7-4-3-5-8-17/h3-5,7-8,16,18-19H,6,9-15H2,1-2H3/t18-,19-/m0/s1. The highest BCUT2D eigenvalue weighted by atomic mass is 16.5. The first-order valence-corrected chi connectivity index (χ1v) is 9.34. The van der Waals surface area contributed by atoms with Gasteiger partial charge in [0.05, 0.1) is 12.1 Å². The van der Waals surface area contributed by atoms with E-state index in [1.54, 1.807) is 0 Å². The predicted octanol–water partition coefficient (Wildman–Crippen LogP) is 2.72. The molecule has 3 rings (SSSR count). The summed E-state index contributed by atoms with van der Waals surface area (Å²) < 4.78 is 5.86. The number of amides is 1. The van der Waals surface area contributed by atoms with Crippen molar-refractivity contribution < 1.29 is 9.53 Å². The third kappa shape index (κ3) is 4.17. The molecule has 1 aromatic rings. The lowest BCUT2D eigenvalue weighted by atomic mass is 10.0. The van der Waals surface area contributed by atoms with Crippen LogP contribution in [0, 0.1) is 0 Å². The van der Waals surface area contributed by atoms with Crippen LogP contribution in [0.4, 0.5) is 0 Å². The molecule has 2 fully saturated rings. The van der Waals surface area contributed by atoms with E-state index in [1.165, 1.54) is 12.0 Å². The SMILES string of the molecule is CC(C)N1C(=O)CO[C@H]2CCN(CCCc3ccccc3)CC[C@@H]21. The van der Waals surface area contributed by atoms with Crippen LogP contribution in [0.25, 0.3) is 0 Å². The van der Waals surface area contributed by atoms with Crippen LogP contribution in [0.1, 0.15) is 38.7 Å². The number of morpholine rings is 1. The molecule has 24 heavy (non-hydrogen) atoms. The average Bonchev–Trinajstić information content (AvgIpc) is 2.78. The minimum Gasteiger partial charge on any atom is -0.366 e. The van der Waals surface area contributed by atoms with Crippen molar-refractivity contribution in [2.24, 2.45) is 0 Å². The van der Waals surface area contributed by atoms with E-state index < -0.39 is 0 Å². The number of carbonyl (C=O) groups is 1. The maximum atomic E-state index is 12.2. The normalized spacial score (nSPS) is 25.6. The lowest BCUT2D eigenvalue weighted by molar-refractivity contribution is -0.160. The quantitative estimate of drug-likeness (QED) is 0.832. The predicted molar refractivity (Wildman–Crippen MR) is 95.9 cm³/mol. The molecule has 2 aliphatic heterocycles. The fourth-order valence-corrected chi connectivity index (χ4v) is 4.11. The van der Waals surface area contributed by atoms with Gasteiger partial charge >= 0.3 is 0 Å². The smallest absolute Gasteiger partial charge is 0.249 e. The summed E-state index contributed by atoms with van der Waals surface area (Å²) in [5.74, 6) is 0.156. The molecule has 0 aliphatic carbocycles. The average molecular weight is 330 g/mol. The van der Waals surface area contributed by atoms with E-state index in [1.807, 2.05) is 0 Å². The fraction of sp³-hybridized carbons (Fsp3) is 0.650. The Labute approximate surface area is 145 Å². The number of ether oxygens (including phenoxy) is 1. The van der Waals surface area contributed by atoms with Crippen molar-refractivity contribution in [1.29, 1.82) is 0 Å². The summed E-state index contributed by atoms with van der Waals surface area (Å²) in [4.78, 5) is 16.8. The lowest BCUT2D eigenvalue weighted by Gasteiger charge is -2.42. The first-order valence-electron chi connectivity index (χ1n) is 9.34. The molecule has 0 saturated carbocycles. The fourth-order valence-electron chi connectivity index (χ4n) is 4.11. The van der Waals surface area contributed by atoms with Crippen LogP contribution in [-0.2, 0) is 16.0 Å². The Bertz CT molecular complexity index is 532. The Morgan fingerprint density at radius 1 is 1.17 bits per heavy atom. The second-order valence-corrected chi connectivity index (χ2v) is 7.32. The number of aryl methyl sites for hydroxylation is 1. The van der Waals surface area contributed by atoms with Crippen LogP contribution >= 0.6 is 0 Å². The molecular weight excluding hydrogens is 300 g/mol. The van der Waals surface area contributed by atoms with Crippen LogP contribution in [-0.4, -0.2) is 60.1 Å². The number of benzene rings is 1. The summed E-state index contributed by atoms with van der Waals surface area (Å²) in [6, 6.07) is 11.2. The van der Waals surface area contributed by atoms with Crippen molar-refractivity contribution in [1.82, 2.24) is 9.80 Å². The summed E-state index contributed by atoms with van der Waals surface area (Å²) in [5, 5.41) is 0. The third-order valence-electron chi connectivity index (χ3n) is 5.31.